The summed E-state index contributed by atoms with van der Waals surface area (Å²) in [5.41, 5.74) is 2.04. The highest BCUT2D eigenvalue weighted by molar-refractivity contribution is 7.99. The van der Waals surface area contributed by atoms with E-state index in [-0.39, 0.29) is 10.1 Å². The van der Waals surface area contributed by atoms with Crippen LogP contribution in [0.3, 0.4) is 0 Å². The molecular weight excluding hydrogens is 440 g/mol. The fourth-order valence-electron chi connectivity index (χ4n) is 3.84. The van der Waals surface area contributed by atoms with Crippen molar-refractivity contribution in [2.75, 3.05) is 0 Å². The first-order valence-electron chi connectivity index (χ1n) is 9.24. The van der Waals surface area contributed by atoms with Crippen LogP contribution in [0.4, 0.5) is 0 Å². The van der Waals surface area contributed by atoms with Crippen molar-refractivity contribution in [1.82, 2.24) is 19.5 Å². The third-order valence-corrected chi connectivity index (χ3v) is 8.29. The number of sulfonamides is 1. The molecule has 5 rings (SSSR count). The molecule has 1 aliphatic rings. The Morgan fingerprint density at radius 2 is 1.73 bits per heavy atom. The molecule has 1 heterocycles. The van der Waals surface area contributed by atoms with E-state index >= 15 is 0 Å². The molecule has 1 aliphatic carbocycles. The molecule has 3 aromatic carbocycles. The van der Waals surface area contributed by atoms with Gasteiger partial charge in [-0.15, -0.1) is 10.2 Å². The van der Waals surface area contributed by atoms with Crippen LogP contribution >= 0.6 is 23.4 Å². The van der Waals surface area contributed by atoms with Crippen LogP contribution in [-0.2, 0) is 17.1 Å². The van der Waals surface area contributed by atoms with E-state index in [9.17, 15) is 8.42 Å². The average Bonchev–Trinajstić information content (AvgIpc) is 3.26. The number of aryl methyl sites for hydroxylation is 1. The lowest BCUT2D eigenvalue weighted by molar-refractivity contribution is 0.557. The van der Waals surface area contributed by atoms with Gasteiger partial charge in [0, 0.05) is 12.1 Å². The molecule has 0 bridgehead atoms. The molecule has 0 saturated heterocycles. The minimum absolute atomic E-state index is 0.178. The molecule has 0 amide bonds. The van der Waals surface area contributed by atoms with Crippen molar-refractivity contribution in [3.05, 3.63) is 83.1 Å². The summed E-state index contributed by atoms with van der Waals surface area (Å²) in [5, 5.41) is 11.3. The van der Waals surface area contributed by atoms with Gasteiger partial charge in [-0.2, -0.15) is 0 Å². The van der Waals surface area contributed by atoms with E-state index in [0.29, 0.717) is 5.02 Å². The van der Waals surface area contributed by atoms with Gasteiger partial charge in [-0.3, -0.25) is 0 Å². The Labute approximate surface area is 183 Å². The minimum Gasteiger partial charge on any atom is -0.312 e. The molecule has 2 atom stereocenters. The molecule has 0 aliphatic heterocycles. The monoisotopic (exact) mass is 456 g/mol. The summed E-state index contributed by atoms with van der Waals surface area (Å²) in [5.74, 6) is 0. The largest absolute Gasteiger partial charge is 0.312 e. The molecule has 1 aromatic heterocycles. The Morgan fingerprint density at radius 3 is 2.40 bits per heavy atom. The molecule has 0 spiro atoms. The Balaban J connectivity index is 1.60. The van der Waals surface area contributed by atoms with Gasteiger partial charge in [0.05, 0.1) is 16.2 Å². The lowest BCUT2D eigenvalue weighted by Crippen LogP contribution is -2.30. The summed E-state index contributed by atoms with van der Waals surface area (Å²) in [6, 6.07) is 17.8. The van der Waals surface area contributed by atoms with Crippen LogP contribution in [0.2, 0.25) is 5.02 Å². The second kappa shape index (κ2) is 7.39. The topological polar surface area (TPSA) is 76.9 Å². The maximum Gasteiger partial charge on any atom is 0.241 e. The van der Waals surface area contributed by atoms with Crippen molar-refractivity contribution >= 4 is 44.2 Å². The van der Waals surface area contributed by atoms with Crippen LogP contribution < -0.4 is 4.72 Å². The van der Waals surface area contributed by atoms with Crippen molar-refractivity contribution in [3.63, 3.8) is 0 Å². The van der Waals surface area contributed by atoms with Crippen LogP contribution in [0, 0.1) is 0 Å². The predicted octanol–water partition coefficient (Wildman–Crippen LogP) is 4.49. The van der Waals surface area contributed by atoms with E-state index < -0.39 is 16.1 Å². The van der Waals surface area contributed by atoms with Crippen LogP contribution in [0.1, 0.15) is 22.4 Å². The number of hydrogen-bond acceptors (Lipinski definition) is 5. The molecule has 9 heteroatoms. The summed E-state index contributed by atoms with van der Waals surface area (Å²) in [7, 11) is -1.89. The van der Waals surface area contributed by atoms with E-state index in [0.717, 1.165) is 27.1 Å². The van der Waals surface area contributed by atoms with E-state index in [1.54, 1.807) is 18.5 Å². The normalized spacial score (nSPS) is 18.2. The molecular formula is C21H17ClN4O2S2. The molecule has 0 fully saturated rings. The molecule has 30 heavy (non-hydrogen) atoms. The molecule has 0 saturated carbocycles. The van der Waals surface area contributed by atoms with Gasteiger partial charge in [-0.25, -0.2) is 13.1 Å². The van der Waals surface area contributed by atoms with Crippen LogP contribution in [0.5, 0.6) is 0 Å². The number of nitrogens with one attached hydrogen (secondary N) is 1. The van der Waals surface area contributed by atoms with Gasteiger partial charge in [0.2, 0.25) is 10.0 Å². The number of hydrogen-bond donors (Lipinski definition) is 1. The van der Waals surface area contributed by atoms with Crippen LogP contribution in [0.25, 0.3) is 10.8 Å². The van der Waals surface area contributed by atoms with Crippen LogP contribution in [0.15, 0.2) is 77.0 Å². The third kappa shape index (κ3) is 3.30. The van der Waals surface area contributed by atoms with Gasteiger partial charge in [-0.05, 0) is 46.2 Å². The molecule has 0 radical (unpaired) electrons. The Morgan fingerprint density at radius 1 is 1.03 bits per heavy atom. The smallest absolute Gasteiger partial charge is 0.241 e. The fraction of sp³-hybridized carbons (Fsp3) is 0.143. The summed E-state index contributed by atoms with van der Waals surface area (Å²) in [6.45, 7) is 0. The van der Waals surface area contributed by atoms with Crippen molar-refractivity contribution in [2.24, 2.45) is 7.05 Å². The Kier molecular flexibility index (Phi) is 4.82. The fourth-order valence-corrected chi connectivity index (χ4v) is 6.49. The summed E-state index contributed by atoms with van der Waals surface area (Å²) in [6.07, 6.45) is 1.64. The first-order valence-corrected chi connectivity index (χ1v) is 12.0. The highest BCUT2D eigenvalue weighted by Crippen LogP contribution is 2.52. The number of halogens is 1. The first-order chi connectivity index (χ1) is 14.4. The zero-order valence-electron chi connectivity index (χ0n) is 15.9. The lowest BCUT2D eigenvalue weighted by atomic mass is 10.1. The molecule has 4 aromatic rings. The minimum atomic E-state index is -3.76. The van der Waals surface area contributed by atoms with Crippen molar-refractivity contribution in [3.8, 4) is 0 Å². The molecule has 6 nitrogen and oxygen atoms in total. The number of nitrogens with zero attached hydrogens (tertiary/aromatic N) is 3. The third-order valence-electron chi connectivity index (χ3n) is 5.22. The number of thioether (sulfide) groups is 1. The van der Waals surface area contributed by atoms with Gasteiger partial charge in [0.1, 0.15) is 6.33 Å². The van der Waals surface area contributed by atoms with Gasteiger partial charge in [-0.1, -0.05) is 59.8 Å². The van der Waals surface area contributed by atoms with Crippen LogP contribution in [-0.4, -0.2) is 23.2 Å². The number of aromatic nitrogens is 3. The van der Waals surface area contributed by atoms with Gasteiger partial charge in [0.15, 0.2) is 5.16 Å². The Hall–Kier alpha value is -2.39. The lowest BCUT2D eigenvalue weighted by Gasteiger charge is -2.22. The van der Waals surface area contributed by atoms with Crippen molar-refractivity contribution in [2.45, 2.75) is 21.3 Å². The summed E-state index contributed by atoms with van der Waals surface area (Å²) >= 11 is 7.43. The molecule has 0 unspecified atom stereocenters. The highest BCUT2D eigenvalue weighted by Gasteiger charge is 2.38. The zero-order valence-corrected chi connectivity index (χ0v) is 18.2. The summed E-state index contributed by atoms with van der Waals surface area (Å²) < 4.78 is 31.1. The van der Waals surface area contributed by atoms with Crippen molar-refractivity contribution in [1.29, 1.82) is 0 Å². The van der Waals surface area contributed by atoms with Gasteiger partial charge >= 0.3 is 0 Å². The number of benzene rings is 3. The molecule has 152 valence electrons. The van der Waals surface area contributed by atoms with Crippen molar-refractivity contribution < 1.29 is 8.42 Å². The summed E-state index contributed by atoms with van der Waals surface area (Å²) in [4.78, 5) is 0.178. The second-order valence-electron chi connectivity index (χ2n) is 7.11. The Bertz CT molecular complexity index is 1350. The zero-order chi connectivity index (χ0) is 20.9. The highest BCUT2D eigenvalue weighted by atomic mass is 35.5. The first kappa shape index (κ1) is 19.6. The standard InChI is InChI=1S/C21H17ClN4O2S2/c1-26-12-23-24-21(26)29-20-17-7-3-5-13-4-2-6-16(18(13)17)19(20)25-30(27,28)15-10-8-14(22)9-11-15/h2-12,19-20,25H,1H3/t19-,20+/m0/s1. The maximum atomic E-state index is 13.2. The average molecular weight is 457 g/mol. The molecule has 1 N–H and O–H groups in total. The maximum absolute atomic E-state index is 13.2. The van der Waals surface area contributed by atoms with Gasteiger partial charge in [0.25, 0.3) is 0 Å². The quantitative estimate of drug-likeness (QED) is 0.478. The van der Waals surface area contributed by atoms with E-state index in [4.69, 9.17) is 11.6 Å². The van der Waals surface area contributed by atoms with E-state index in [1.165, 1.54) is 23.9 Å². The van der Waals surface area contributed by atoms with E-state index in [1.807, 2.05) is 41.9 Å². The van der Waals surface area contributed by atoms with E-state index in [2.05, 4.69) is 21.0 Å². The SMILES string of the molecule is Cn1cnnc1S[C@@H]1c2cccc3cccc(c23)[C@@H]1NS(=O)(=O)c1ccc(Cl)cc1. The number of rotatable bonds is 5. The second-order valence-corrected chi connectivity index (χ2v) is 10.4. The predicted molar refractivity (Wildman–Crippen MR) is 118 cm³/mol. The van der Waals surface area contributed by atoms with Gasteiger partial charge < -0.3 is 4.57 Å².